The number of fused-ring (bicyclic) bond motifs is 21. The maximum atomic E-state index is 5.22. The molecule has 9 heterocycles. The molecule has 9 aromatic heterocycles. The molecule has 0 aliphatic rings. The van der Waals surface area contributed by atoms with E-state index in [9.17, 15) is 0 Å². The van der Waals surface area contributed by atoms with Gasteiger partial charge in [-0.2, -0.15) is 9.97 Å². The number of benzene rings is 17. The Morgan fingerprint density at radius 3 is 0.873 bits per heavy atom. The van der Waals surface area contributed by atoms with Crippen molar-refractivity contribution in [2.45, 2.75) is 0 Å². The lowest BCUT2D eigenvalue weighted by molar-refractivity contribution is 0.953. The first-order valence-electron chi connectivity index (χ1n) is 42.5. The van der Waals surface area contributed by atoms with Crippen LogP contribution in [0.2, 0.25) is 0 Å². The largest absolute Gasteiger partial charge is 0.309 e. The molecule has 0 spiro atoms. The Hall–Kier alpha value is -17.2. The van der Waals surface area contributed by atoms with E-state index < -0.39 is 0 Å². The van der Waals surface area contributed by atoms with Crippen molar-refractivity contribution in [2.75, 3.05) is 0 Å². The number of pyridine rings is 1. The van der Waals surface area contributed by atoms with Crippen molar-refractivity contribution in [3.05, 3.63) is 449 Å². The van der Waals surface area contributed by atoms with Crippen LogP contribution in [0.4, 0.5) is 0 Å². The molecule has 0 unspecified atom stereocenters. The molecule has 0 aliphatic heterocycles. The summed E-state index contributed by atoms with van der Waals surface area (Å²) >= 11 is 0. The van der Waals surface area contributed by atoms with Gasteiger partial charge < -0.3 is 13.7 Å². The number of aromatic nitrogens is 12. The van der Waals surface area contributed by atoms with Crippen LogP contribution in [0.1, 0.15) is 0 Å². The van der Waals surface area contributed by atoms with Crippen LogP contribution in [-0.2, 0) is 0 Å². The van der Waals surface area contributed by atoms with Gasteiger partial charge in [0, 0.05) is 116 Å². The van der Waals surface area contributed by atoms with E-state index in [4.69, 9.17) is 29.9 Å². The third-order valence-corrected chi connectivity index (χ3v) is 24.4. The predicted molar refractivity (Wildman–Crippen MR) is 519 cm³/mol. The topological polar surface area (TPSA) is 107 Å². The average Bonchev–Trinajstić information content (AvgIpc) is 1.55. The molecular formula is C114H74N12. The van der Waals surface area contributed by atoms with Crippen LogP contribution in [0.5, 0.6) is 0 Å². The van der Waals surface area contributed by atoms with Crippen LogP contribution in [0, 0.1) is 0 Å². The van der Waals surface area contributed by atoms with Crippen molar-refractivity contribution >= 4 is 131 Å². The lowest BCUT2D eigenvalue weighted by atomic mass is 10.1. The summed E-state index contributed by atoms with van der Waals surface area (Å²) < 4.78 is 14.0. The van der Waals surface area contributed by atoms with Crippen molar-refractivity contribution in [3.8, 4) is 91.3 Å². The summed E-state index contributed by atoms with van der Waals surface area (Å²) in [4.78, 5) is 30.6. The second-order valence-electron chi connectivity index (χ2n) is 31.6. The van der Waals surface area contributed by atoms with Gasteiger partial charge in [0.15, 0.2) is 17.5 Å². The van der Waals surface area contributed by atoms with E-state index in [0.29, 0.717) is 23.4 Å². The Labute approximate surface area is 723 Å². The van der Waals surface area contributed by atoms with E-state index in [1.807, 2.05) is 91.0 Å². The summed E-state index contributed by atoms with van der Waals surface area (Å²) in [7, 11) is 0. The fourth-order valence-corrected chi connectivity index (χ4v) is 19.0. The second-order valence-corrected chi connectivity index (χ2v) is 31.6. The Morgan fingerprint density at radius 2 is 0.452 bits per heavy atom. The molecule has 126 heavy (non-hydrogen) atoms. The van der Waals surface area contributed by atoms with Gasteiger partial charge in [-0.1, -0.05) is 340 Å². The molecule has 590 valence electrons. The number of para-hydroxylation sites is 9. The first-order valence-corrected chi connectivity index (χ1v) is 42.5. The van der Waals surface area contributed by atoms with Crippen LogP contribution < -0.4 is 0 Å². The van der Waals surface area contributed by atoms with Crippen LogP contribution in [0.25, 0.3) is 222 Å². The number of rotatable bonds is 11. The highest BCUT2D eigenvalue weighted by Gasteiger charge is 2.27. The summed E-state index contributed by atoms with van der Waals surface area (Å²) in [5.74, 6) is 4.32. The Kier molecular flexibility index (Phi) is 17.6. The zero-order valence-electron chi connectivity index (χ0n) is 68.1. The van der Waals surface area contributed by atoms with Crippen LogP contribution in [0.15, 0.2) is 449 Å². The van der Waals surface area contributed by atoms with Gasteiger partial charge in [-0.15, -0.1) is 0 Å². The second kappa shape index (κ2) is 30.5. The number of nitrogens with zero attached hydrogens (tertiary/aromatic N) is 12. The molecule has 0 saturated carbocycles. The van der Waals surface area contributed by atoms with Gasteiger partial charge in [-0.25, -0.2) is 19.9 Å². The fourth-order valence-electron chi connectivity index (χ4n) is 19.0. The van der Waals surface area contributed by atoms with E-state index in [1.165, 1.54) is 97.9 Å². The maximum Gasteiger partial charge on any atom is 0.238 e. The zero-order chi connectivity index (χ0) is 83.1. The molecule has 12 nitrogen and oxygen atoms in total. The monoisotopic (exact) mass is 1610 g/mol. The Balaban J connectivity index is 0.000000106. The highest BCUT2D eigenvalue weighted by molar-refractivity contribution is 6.29. The fraction of sp³-hybridized carbons (Fsp3) is 0. The van der Waals surface area contributed by atoms with Gasteiger partial charge in [0.1, 0.15) is 11.6 Å². The summed E-state index contributed by atoms with van der Waals surface area (Å²) in [6, 6.07) is 157. The van der Waals surface area contributed by atoms with Crippen LogP contribution >= 0.6 is 0 Å². The SMILES string of the molecule is c1ccc(-c2cc(-n3c4ccccc4c4c3ccc3c5ccccc5n(-c5ccccc5)c34)nc(-c3ccccc3)n2)cc1.c1ccc(-c2cccc(-n3c4ccccc4c4ccc5c(c6ccccc6n5-c5ccccc5)c43)n2)cc1.c1ccc(-c2nc(-c3ccccc3)nc(-n3c4ccccc4c4c3ccc3c5ccccc5n(-c5ccccc5)c34)n2)cc1. The van der Waals surface area contributed by atoms with E-state index in [-0.39, 0.29) is 0 Å². The van der Waals surface area contributed by atoms with Crippen molar-refractivity contribution in [1.29, 1.82) is 0 Å². The minimum Gasteiger partial charge on any atom is -0.309 e. The molecule has 0 N–H and O–H groups in total. The van der Waals surface area contributed by atoms with Gasteiger partial charge in [-0.05, 0) is 103 Å². The van der Waals surface area contributed by atoms with Crippen molar-refractivity contribution in [1.82, 2.24) is 57.3 Å². The molecule has 0 atom stereocenters. The third-order valence-electron chi connectivity index (χ3n) is 24.4. The molecule has 0 aliphatic carbocycles. The smallest absolute Gasteiger partial charge is 0.238 e. The summed E-state index contributed by atoms with van der Waals surface area (Å²) in [6.07, 6.45) is 0. The lowest BCUT2D eigenvalue weighted by Crippen LogP contribution is -2.06. The Bertz CT molecular complexity index is 8210. The standard InChI is InChI=1S/C40H26N4.C39H25N5.C35H23N3/c1-4-14-27(15-5-1)33-26-37(42-40(41-33)28-16-6-2-7-17-28)44-35-23-13-11-21-32(35)38-36(44)25-24-31-30-20-10-12-22-34(30)43(39(31)38)29-18-8-3-9-19-29;1-4-14-26(15-5-1)37-40-38(27-16-6-2-7-17-27)42-39(41-37)44-33-23-13-11-21-31(33)35-34(44)25-24-30-29-20-10-12-22-32(29)43(36(30)35)28-18-8-3-9-19-28;1-3-12-24(13-4-1)29-18-11-21-33(36-29)38-30-19-9-7-16-26(30)27-22-23-32-34(35(27)38)28-17-8-10-20-31(28)37(32)25-14-5-2-6-15-25/h1-26H;1-25H;1-23H. The highest BCUT2D eigenvalue weighted by Crippen LogP contribution is 2.47. The zero-order valence-corrected chi connectivity index (χ0v) is 68.1. The predicted octanol–water partition coefficient (Wildman–Crippen LogP) is 28.3. The van der Waals surface area contributed by atoms with Gasteiger partial charge in [0.2, 0.25) is 5.95 Å². The number of hydrogen-bond acceptors (Lipinski definition) is 6. The van der Waals surface area contributed by atoms with E-state index in [1.54, 1.807) is 0 Å². The van der Waals surface area contributed by atoms with E-state index in [0.717, 1.165) is 101 Å². The molecule has 26 aromatic rings. The van der Waals surface area contributed by atoms with Crippen LogP contribution in [-0.4, -0.2) is 57.3 Å². The highest BCUT2D eigenvalue weighted by atomic mass is 15.2. The summed E-state index contributed by atoms with van der Waals surface area (Å²) in [6.45, 7) is 0. The first kappa shape index (κ1) is 72.8. The Morgan fingerprint density at radius 1 is 0.151 bits per heavy atom. The molecule has 12 heteroatoms. The van der Waals surface area contributed by atoms with Gasteiger partial charge >= 0.3 is 0 Å². The van der Waals surface area contributed by atoms with Crippen molar-refractivity contribution in [3.63, 3.8) is 0 Å². The molecule has 0 saturated heterocycles. The molecular weight excluding hydrogens is 1540 g/mol. The minimum atomic E-state index is 0.589. The lowest BCUT2D eigenvalue weighted by Gasteiger charge is -2.12. The maximum absolute atomic E-state index is 5.22. The van der Waals surface area contributed by atoms with Gasteiger partial charge in [0.25, 0.3) is 0 Å². The average molecular weight is 1610 g/mol. The molecule has 0 bridgehead atoms. The summed E-state index contributed by atoms with van der Waals surface area (Å²) in [5.41, 5.74) is 24.1. The molecule has 0 amide bonds. The minimum absolute atomic E-state index is 0.589. The van der Waals surface area contributed by atoms with Gasteiger partial charge in [0.05, 0.1) is 77.6 Å². The first-order chi connectivity index (χ1) is 62.6. The quantitative estimate of drug-likeness (QED) is 0.128. The summed E-state index contributed by atoms with van der Waals surface area (Å²) in [5, 5.41) is 14.6. The normalized spacial score (nSPS) is 11.7. The van der Waals surface area contributed by atoms with E-state index >= 15 is 0 Å². The van der Waals surface area contributed by atoms with Crippen LogP contribution in [0.3, 0.4) is 0 Å². The number of hydrogen-bond donors (Lipinski definition) is 0. The van der Waals surface area contributed by atoms with E-state index in [2.05, 4.69) is 385 Å². The third kappa shape index (κ3) is 12.1. The molecule has 0 fully saturated rings. The van der Waals surface area contributed by atoms with Crippen molar-refractivity contribution in [2.24, 2.45) is 0 Å². The molecule has 0 radical (unpaired) electrons. The molecule has 17 aromatic carbocycles. The van der Waals surface area contributed by atoms with Gasteiger partial charge in [-0.3, -0.25) is 13.7 Å². The molecule has 26 rings (SSSR count). The van der Waals surface area contributed by atoms with Crippen molar-refractivity contribution < 1.29 is 0 Å².